The van der Waals surface area contributed by atoms with Crippen molar-refractivity contribution >= 4 is 10.9 Å². The summed E-state index contributed by atoms with van der Waals surface area (Å²) in [5.41, 5.74) is 3.76. The molecule has 3 aromatic carbocycles. The molecule has 0 aliphatic heterocycles. The third-order valence-electron chi connectivity index (χ3n) is 4.80. The number of hydrogen-bond donors (Lipinski definition) is 1. The number of H-pyrrole nitrogens is 1. The number of rotatable bonds is 7. The van der Waals surface area contributed by atoms with Gasteiger partial charge in [-0.25, -0.2) is 10.1 Å². The van der Waals surface area contributed by atoms with E-state index in [0.717, 1.165) is 39.2 Å². The van der Waals surface area contributed by atoms with Gasteiger partial charge >= 0.3 is 0 Å². The molecular formula is C24H19N5O2. The second kappa shape index (κ2) is 8.62. The molecule has 0 radical (unpaired) electrons. The molecule has 7 nitrogen and oxygen atoms in total. The third-order valence-corrected chi connectivity index (χ3v) is 4.80. The van der Waals surface area contributed by atoms with Crippen molar-refractivity contribution < 1.29 is 9.47 Å². The highest BCUT2D eigenvalue weighted by Gasteiger charge is 2.05. The number of aromatic nitrogens is 5. The van der Waals surface area contributed by atoms with Crippen LogP contribution in [0.1, 0.15) is 11.3 Å². The van der Waals surface area contributed by atoms with Gasteiger partial charge < -0.3 is 9.47 Å². The van der Waals surface area contributed by atoms with Crippen molar-refractivity contribution in [3.63, 3.8) is 0 Å². The summed E-state index contributed by atoms with van der Waals surface area (Å²) in [6, 6.07) is 27.6. The molecule has 0 saturated carbocycles. The quantitative estimate of drug-likeness (QED) is 0.424. The molecule has 7 heteroatoms. The summed E-state index contributed by atoms with van der Waals surface area (Å²) in [4.78, 5) is 4.65. The standard InChI is InChI=1S/C24H19N5O2/c1-2-10-23-18(6-1)11-12-20(25-23)16-31-22-9-4-8-21(14-22)30-15-17-5-3-7-19(13-17)24-26-28-29-27-24/h1-14H,15-16H2,(H,26,27,28,29). The lowest BCUT2D eigenvalue weighted by molar-refractivity contribution is 0.288. The molecule has 1 N–H and O–H groups in total. The van der Waals surface area contributed by atoms with Gasteiger partial charge in [-0.05, 0) is 46.3 Å². The maximum Gasteiger partial charge on any atom is 0.179 e. The molecule has 0 aliphatic rings. The summed E-state index contributed by atoms with van der Waals surface area (Å²) in [5.74, 6) is 2.09. The van der Waals surface area contributed by atoms with Gasteiger partial charge in [0.2, 0.25) is 0 Å². The number of benzene rings is 3. The minimum atomic E-state index is 0.390. The Morgan fingerprint density at radius 1 is 0.742 bits per heavy atom. The first-order valence-electron chi connectivity index (χ1n) is 9.87. The fourth-order valence-electron chi connectivity index (χ4n) is 3.26. The minimum Gasteiger partial charge on any atom is -0.489 e. The fraction of sp³-hybridized carbons (Fsp3) is 0.0833. The molecule has 0 amide bonds. The highest BCUT2D eigenvalue weighted by Crippen LogP contribution is 2.23. The van der Waals surface area contributed by atoms with Crippen LogP contribution in [0.25, 0.3) is 22.3 Å². The number of hydrogen-bond acceptors (Lipinski definition) is 6. The highest BCUT2D eigenvalue weighted by atomic mass is 16.5. The highest BCUT2D eigenvalue weighted by molar-refractivity contribution is 5.78. The third kappa shape index (κ3) is 4.51. The molecule has 0 aliphatic carbocycles. The molecule has 31 heavy (non-hydrogen) atoms. The second-order valence-corrected chi connectivity index (χ2v) is 7.00. The maximum absolute atomic E-state index is 5.96. The predicted molar refractivity (Wildman–Crippen MR) is 116 cm³/mol. The van der Waals surface area contributed by atoms with Gasteiger partial charge in [-0.2, -0.15) is 0 Å². The van der Waals surface area contributed by atoms with E-state index >= 15 is 0 Å². The molecule has 0 saturated heterocycles. The molecule has 0 spiro atoms. The van der Waals surface area contributed by atoms with Gasteiger partial charge in [-0.3, -0.25) is 0 Å². The molecule has 152 valence electrons. The van der Waals surface area contributed by atoms with Crippen LogP contribution in [0, 0.1) is 0 Å². The van der Waals surface area contributed by atoms with Gasteiger partial charge in [-0.15, -0.1) is 5.10 Å². The number of fused-ring (bicyclic) bond motifs is 1. The van der Waals surface area contributed by atoms with Crippen molar-refractivity contribution in [3.05, 3.63) is 96.2 Å². The summed E-state index contributed by atoms with van der Waals surface area (Å²) in [5, 5.41) is 15.1. The number of pyridine rings is 1. The van der Waals surface area contributed by atoms with Crippen LogP contribution in [0.3, 0.4) is 0 Å². The Kier molecular flexibility index (Phi) is 5.22. The van der Waals surface area contributed by atoms with Crippen LogP contribution in [0.2, 0.25) is 0 Å². The van der Waals surface area contributed by atoms with Gasteiger partial charge in [-0.1, -0.05) is 48.5 Å². The Bertz CT molecular complexity index is 1300. The van der Waals surface area contributed by atoms with Crippen LogP contribution in [0.4, 0.5) is 0 Å². The van der Waals surface area contributed by atoms with Crippen molar-refractivity contribution in [2.24, 2.45) is 0 Å². The predicted octanol–water partition coefficient (Wildman–Crippen LogP) is 4.57. The van der Waals surface area contributed by atoms with Gasteiger partial charge in [0.1, 0.15) is 24.7 Å². The Balaban J connectivity index is 1.22. The first-order chi connectivity index (χ1) is 15.3. The number of para-hydroxylation sites is 1. The normalized spacial score (nSPS) is 10.8. The Morgan fingerprint density at radius 2 is 1.58 bits per heavy atom. The molecule has 0 atom stereocenters. The molecule has 0 bridgehead atoms. The van der Waals surface area contributed by atoms with Crippen LogP contribution in [-0.2, 0) is 13.2 Å². The average molecular weight is 409 g/mol. The van der Waals surface area contributed by atoms with Crippen LogP contribution in [0.5, 0.6) is 11.5 Å². The lowest BCUT2D eigenvalue weighted by Gasteiger charge is -2.10. The largest absolute Gasteiger partial charge is 0.489 e. The van der Waals surface area contributed by atoms with Gasteiger partial charge in [0.25, 0.3) is 0 Å². The molecule has 0 unspecified atom stereocenters. The van der Waals surface area contributed by atoms with E-state index in [0.29, 0.717) is 19.0 Å². The fourth-order valence-corrected chi connectivity index (χ4v) is 3.26. The lowest BCUT2D eigenvalue weighted by Crippen LogP contribution is -1.99. The topological polar surface area (TPSA) is 85.8 Å². The first kappa shape index (κ1) is 18.7. The van der Waals surface area contributed by atoms with E-state index in [4.69, 9.17) is 9.47 Å². The molecule has 2 heterocycles. The molecule has 0 fully saturated rings. The zero-order valence-electron chi connectivity index (χ0n) is 16.6. The van der Waals surface area contributed by atoms with E-state index in [2.05, 4.69) is 31.7 Å². The van der Waals surface area contributed by atoms with Crippen LogP contribution in [-0.4, -0.2) is 25.6 Å². The van der Waals surface area contributed by atoms with Crippen molar-refractivity contribution in [3.8, 4) is 22.9 Å². The van der Waals surface area contributed by atoms with Crippen LogP contribution < -0.4 is 9.47 Å². The second-order valence-electron chi connectivity index (χ2n) is 7.00. The monoisotopic (exact) mass is 409 g/mol. The Hall–Kier alpha value is -4.26. The summed E-state index contributed by atoms with van der Waals surface area (Å²) in [6.07, 6.45) is 0. The van der Waals surface area contributed by atoms with Gasteiger partial charge in [0.15, 0.2) is 5.82 Å². The summed E-state index contributed by atoms with van der Waals surface area (Å²) in [6.45, 7) is 0.812. The van der Waals surface area contributed by atoms with E-state index in [9.17, 15) is 0 Å². The number of nitrogens with zero attached hydrogens (tertiary/aromatic N) is 4. The lowest BCUT2D eigenvalue weighted by atomic mass is 10.1. The number of aromatic amines is 1. The zero-order valence-corrected chi connectivity index (χ0v) is 16.6. The molecule has 5 rings (SSSR count). The Labute approximate surface area is 178 Å². The van der Waals surface area contributed by atoms with Crippen LogP contribution >= 0.6 is 0 Å². The van der Waals surface area contributed by atoms with Crippen molar-refractivity contribution in [1.82, 2.24) is 25.6 Å². The van der Waals surface area contributed by atoms with Gasteiger partial charge in [0.05, 0.1) is 11.2 Å². The SMILES string of the molecule is c1cc(OCc2cccc(-c3nnn[nH]3)c2)cc(OCc2ccc3ccccc3n2)c1. The van der Waals surface area contributed by atoms with E-state index in [-0.39, 0.29) is 0 Å². The zero-order chi connectivity index (χ0) is 20.9. The van der Waals surface area contributed by atoms with E-state index < -0.39 is 0 Å². The average Bonchev–Trinajstić information content (AvgIpc) is 3.37. The number of ether oxygens (including phenoxy) is 2. The summed E-state index contributed by atoms with van der Waals surface area (Å²) < 4.78 is 11.9. The maximum atomic E-state index is 5.96. The molecule has 2 aromatic heterocycles. The number of nitrogens with one attached hydrogen (secondary N) is 1. The summed E-state index contributed by atoms with van der Waals surface area (Å²) >= 11 is 0. The smallest absolute Gasteiger partial charge is 0.179 e. The molecule has 5 aromatic rings. The van der Waals surface area contributed by atoms with Crippen molar-refractivity contribution in [2.45, 2.75) is 13.2 Å². The Morgan fingerprint density at radius 3 is 2.45 bits per heavy atom. The van der Waals surface area contributed by atoms with E-state index in [1.807, 2.05) is 78.9 Å². The number of tetrazole rings is 1. The van der Waals surface area contributed by atoms with E-state index in [1.54, 1.807) is 0 Å². The van der Waals surface area contributed by atoms with Crippen LogP contribution in [0.15, 0.2) is 84.9 Å². The van der Waals surface area contributed by atoms with Crippen molar-refractivity contribution in [2.75, 3.05) is 0 Å². The van der Waals surface area contributed by atoms with Gasteiger partial charge in [0, 0.05) is 17.0 Å². The van der Waals surface area contributed by atoms with Crippen molar-refractivity contribution in [1.29, 1.82) is 0 Å². The summed E-state index contributed by atoms with van der Waals surface area (Å²) in [7, 11) is 0. The minimum absolute atomic E-state index is 0.390. The molecular weight excluding hydrogens is 390 g/mol. The van der Waals surface area contributed by atoms with E-state index in [1.165, 1.54) is 0 Å². The first-order valence-corrected chi connectivity index (χ1v) is 9.87.